The van der Waals surface area contributed by atoms with Crippen LogP contribution in [0, 0.1) is 0 Å². The van der Waals surface area contributed by atoms with Gasteiger partial charge in [-0.05, 0) is 48.0 Å². The first-order chi connectivity index (χ1) is 14.2. The molecular weight excluding hydrogens is 376 g/mol. The number of carbonyl (C=O) groups is 1. The highest BCUT2D eigenvalue weighted by atomic mass is 16.6. The quantitative estimate of drug-likeness (QED) is 0.296. The summed E-state index contributed by atoms with van der Waals surface area (Å²) >= 11 is 0. The SMILES string of the molecule is O=C(Oc1ccc2cc(-c3ccc4c(c3)OCCO4)c(=O)oc2c1)c1ccco1. The monoisotopic (exact) mass is 390 g/mol. The third-order valence-electron chi connectivity index (χ3n) is 4.49. The van der Waals surface area contributed by atoms with E-state index in [1.807, 2.05) is 0 Å². The zero-order valence-corrected chi connectivity index (χ0v) is 15.0. The summed E-state index contributed by atoms with van der Waals surface area (Å²) in [6, 6.07) is 15.0. The molecule has 0 saturated heterocycles. The Kier molecular flexibility index (Phi) is 4.05. The molecule has 0 saturated carbocycles. The van der Waals surface area contributed by atoms with Crippen LogP contribution >= 0.6 is 0 Å². The van der Waals surface area contributed by atoms with Crippen molar-refractivity contribution in [2.45, 2.75) is 0 Å². The van der Waals surface area contributed by atoms with Gasteiger partial charge in [-0.15, -0.1) is 0 Å². The number of esters is 1. The van der Waals surface area contributed by atoms with Gasteiger partial charge in [0.25, 0.3) is 0 Å². The highest BCUT2D eigenvalue weighted by Gasteiger charge is 2.16. The van der Waals surface area contributed by atoms with E-state index in [0.717, 1.165) is 0 Å². The van der Waals surface area contributed by atoms with Gasteiger partial charge in [0.1, 0.15) is 24.5 Å². The first kappa shape index (κ1) is 17.1. The molecule has 0 unspecified atom stereocenters. The third-order valence-corrected chi connectivity index (χ3v) is 4.49. The number of rotatable bonds is 3. The molecular formula is C22H14O7. The van der Waals surface area contributed by atoms with Crippen LogP contribution in [0.4, 0.5) is 0 Å². The number of hydrogen-bond acceptors (Lipinski definition) is 7. The smallest absolute Gasteiger partial charge is 0.379 e. The van der Waals surface area contributed by atoms with Crippen LogP contribution in [0.5, 0.6) is 17.2 Å². The van der Waals surface area contributed by atoms with Crippen molar-refractivity contribution < 1.29 is 27.8 Å². The number of benzene rings is 2. The van der Waals surface area contributed by atoms with E-state index in [4.69, 9.17) is 23.0 Å². The van der Waals surface area contributed by atoms with Crippen molar-refractivity contribution in [1.82, 2.24) is 0 Å². The normalized spacial score (nSPS) is 12.7. The van der Waals surface area contributed by atoms with Crippen molar-refractivity contribution in [2.24, 2.45) is 0 Å². The Hall–Kier alpha value is -4.00. The van der Waals surface area contributed by atoms with Crippen molar-refractivity contribution in [1.29, 1.82) is 0 Å². The lowest BCUT2D eigenvalue weighted by Gasteiger charge is -2.18. The fourth-order valence-electron chi connectivity index (χ4n) is 3.12. The van der Waals surface area contributed by atoms with Gasteiger partial charge >= 0.3 is 11.6 Å². The van der Waals surface area contributed by atoms with Gasteiger partial charge in [0, 0.05) is 11.5 Å². The number of ether oxygens (including phenoxy) is 3. The molecule has 1 aliphatic heterocycles. The average molecular weight is 390 g/mol. The van der Waals surface area contributed by atoms with E-state index < -0.39 is 11.6 Å². The number of fused-ring (bicyclic) bond motifs is 2. The van der Waals surface area contributed by atoms with E-state index in [1.54, 1.807) is 42.5 Å². The maximum absolute atomic E-state index is 12.6. The molecule has 0 radical (unpaired) electrons. The Balaban J connectivity index is 1.49. The minimum Gasteiger partial charge on any atom is -0.486 e. The van der Waals surface area contributed by atoms with Gasteiger partial charge in [-0.1, -0.05) is 6.07 Å². The average Bonchev–Trinajstić information content (AvgIpc) is 3.28. The molecule has 0 spiro atoms. The van der Waals surface area contributed by atoms with Crippen molar-refractivity contribution in [2.75, 3.05) is 13.2 Å². The molecule has 7 nitrogen and oxygen atoms in total. The Labute approximate surface area is 164 Å². The van der Waals surface area contributed by atoms with Crippen molar-refractivity contribution >= 4 is 16.9 Å². The Morgan fingerprint density at radius 1 is 0.931 bits per heavy atom. The summed E-state index contributed by atoms with van der Waals surface area (Å²) in [7, 11) is 0. The van der Waals surface area contributed by atoms with E-state index in [1.165, 1.54) is 18.4 Å². The van der Waals surface area contributed by atoms with Crippen molar-refractivity contribution in [3.05, 3.63) is 77.0 Å². The zero-order chi connectivity index (χ0) is 19.8. The standard InChI is InChI=1S/C22H14O7/c23-21-16(13-4-6-17-20(11-13)27-9-8-26-17)10-14-3-5-15(12-19(14)29-21)28-22(24)18-2-1-7-25-18/h1-7,10-12H,8-9H2. The summed E-state index contributed by atoms with van der Waals surface area (Å²) in [4.78, 5) is 24.6. The molecule has 1 aliphatic rings. The lowest BCUT2D eigenvalue weighted by atomic mass is 10.1. The first-order valence-corrected chi connectivity index (χ1v) is 8.91. The summed E-state index contributed by atoms with van der Waals surface area (Å²) < 4.78 is 26.8. The molecule has 2 aromatic heterocycles. The molecule has 0 aliphatic carbocycles. The maximum Gasteiger partial charge on any atom is 0.379 e. The molecule has 0 fully saturated rings. The summed E-state index contributed by atoms with van der Waals surface area (Å²) in [6.45, 7) is 0.958. The lowest BCUT2D eigenvalue weighted by Crippen LogP contribution is -2.15. The zero-order valence-electron chi connectivity index (χ0n) is 15.0. The molecule has 0 amide bonds. The summed E-state index contributed by atoms with van der Waals surface area (Å²) in [6.07, 6.45) is 1.38. The van der Waals surface area contributed by atoms with Gasteiger partial charge in [-0.2, -0.15) is 0 Å². The van der Waals surface area contributed by atoms with Gasteiger partial charge in [-0.3, -0.25) is 0 Å². The molecule has 3 heterocycles. The Bertz CT molecular complexity index is 1270. The largest absolute Gasteiger partial charge is 0.486 e. The van der Waals surface area contributed by atoms with Crippen LogP contribution in [0.15, 0.2) is 74.5 Å². The number of furan rings is 1. The second kappa shape index (κ2) is 6.87. The Morgan fingerprint density at radius 2 is 1.79 bits per heavy atom. The predicted molar refractivity (Wildman–Crippen MR) is 103 cm³/mol. The topological polar surface area (TPSA) is 88.1 Å². The van der Waals surface area contributed by atoms with Crippen LogP contribution in [-0.2, 0) is 0 Å². The third kappa shape index (κ3) is 3.23. The number of hydrogen-bond donors (Lipinski definition) is 0. The van der Waals surface area contributed by atoms with Crippen molar-refractivity contribution in [3.63, 3.8) is 0 Å². The molecule has 0 atom stereocenters. The predicted octanol–water partition coefficient (Wildman–Crippen LogP) is 4.04. The minimum atomic E-state index is -0.635. The fraction of sp³-hybridized carbons (Fsp3) is 0.0909. The van der Waals surface area contributed by atoms with Crippen LogP contribution in [0.1, 0.15) is 10.6 Å². The van der Waals surface area contributed by atoms with Gasteiger partial charge in [-0.25, -0.2) is 9.59 Å². The summed E-state index contributed by atoms with van der Waals surface area (Å²) in [5.74, 6) is 0.931. The molecule has 0 N–H and O–H groups in total. The molecule has 7 heteroatoms. The second-order valence-electron chi connectivity index (χ2n) is 6.37. The van der Waals surface area contributed by atoms with Crippen LogP contribution in [0.3, 0.4) is 0 Å². The highest BCUT2D eigenvalue weighted by molar-refractivity contribution is 5.89. The molecule has 2 aromatic carbocycles. The van der Waals surface area contributed by atoms with E-state index in [-0.39, 0.29) is 11.5 Å². The van der Waals surface area contributed by atoms with E-state index in [0.29, 0.717) is 46.8 Å². The van der Waals surface area contributed by atoms with Crippen LogP contribution in [-0.4, -0.2) is 19.2 Å². The molecule has 29 heavy (non-hydrogen) atoms. The fourth-order valence-corrected chi connectivity index (χ4v) is 3.12. The highest BCUT2D eigenvalue weighted by Crippen LogP contribution is 2.34. The molecule has 5 rings (SSSR count). The van der Waals surface area contributed by atoms with Gasteiger partial charge in [0.2, 0.25) is 5.76 Å². The van der Waals surface area contributed by atoms with Crippen LogP contribution in [0.25, 0.3) is 22.1 Å². The second-order valence-corrected chi connectivity index (χ2v) is 6.37. The molecule has 4 aromatic rings. The van der Waals surface area contributed by atoms with Crippen LogP contribution in [0.2, 0.25) is 0 Å². The molecule has 144 valence electrons. The number of carbonyl (C=O) groups excluding carboxylic acids is 1. The van der Waals surface area contributed by atoms with Crippen LogP contribution < -0.4 is 19.8 Å². The van der Waals surface area contributed by atoms with Gasteiger partial charge in [0.15, 0.2) is 11.5 Å². The van der Waals surface area contributed by atoms with E-state index in [9.17, 15) is 9.59 Å². The maximum atomic E-state index is 12.6. The Morgan fingerprint density at radius 3 is 2.62 bits per heavy atom. The van der Waals surface area contributed by atoms with E-state index in [2.05, 4.69) is 0 Å². The summed E-state index contributed by atoms with van der Waals surface area (Å²) in [5.41, 5.74) is 0.859. The van der Waals surface area contributed by atoms with Gasteiger partial charge < -0.3 is 23.0 Å². The molecule has 0 bridgehead atoms. The van der Waals surface area contributed by atoms with E-state index >= 15 is 0 Å². The first-order valence-electron chi connectivity index (χ1n) is 8.91. The van der Waals surface area contributed by atoms with Gasteiger partial charge in [0.05, 0.1) is 11.8 Å². The minimum absolute atomic E-state index is 0.0838. The van der Waals surface area contributed by atoms with Crippen molar-refractivity contribution in [3.8, 4) is 28.4 Å². The lowest BCUT2D eigenvalue weighted by molar-refractivity contribution is 0.0701. The summed E-state index contributed by atoms with van der Waals surface area (Å²) in [5, 5.41) is 0.687.